The van der Waals surface area contributed by atoms with Crippen LogP contribution >= 0.6 is 15.8 Å². The quantitative estimate of drug-likeness (QED) is 0.163. The van der Waals surface area contributed by atoms with Gasteiger partial charge in [0.25, 0.3) is 0 Å². The van der Waals surface area contributed by atoms with Crippen LogP contribution in [-0.2, 0) is 0 Å². The first kappa shape index (κ1) is 24.1. The molecule has 3 heteroatoms. The van der Waals surface area contributed by atoms with Crippen molar-refractivity contribution in [1.29, 1.82) is 0 Å². The van der Waals surface area contributed by atoms with Gasteiger partial charge in [-0.2, -0.15) is 0 Å². The van der Waals surface area contributed by atoms with Crippen LogP contribution in [0.2, 0.25) is 0 Å². The maximum Gasteiger partial charge on any atom is 0.0730 e. The van der Waals surface area contributed by atoms with E-state index in [4.69, 9.17) is 4.99 Å². The summed E-state index contributed by atoms with van der Waals surface area (Å²) in [5, 5.41) is 6.47. The summed E-state index contributed by atoms with van der Waals surface area (Å²) in [5.74, 6) is 3.65. The zero-order valence-corrected chi connectivity index (χ0v) is 22.0. The Kier molecular flexibility index (Phi) is 7.97. The van der Waals surface area contributed by atoms with Crippen LogP contribution in [0.3, 0.4) is 0 Å². The fourth-order valence-corrected chi connectivity index (χ4v) is 9.97. The second-order valence-electron chi connectivity index (χ2n) is 8.40. The molecule has 0 aliphatic rings. The summed E-state index contributed by atoms with van der Waals surface area (Å²) in [6, 6.07) is 51.7. The number of benzene rings is 5. The SMILES string of the molecule is Cc1ccc(N=C=C(P(c2ccccc2)c2ccccc2)P(c2ccccc2)c2ccccc2)cc1. The highest BCUT2D eigenvalue weighted by Gasteiger charge is 2.28. The molecule has 36 heavy (non-hydrogen) atoms. The van der Waals surface area contributed by atoms with Crippen molar-refractivity contribution in [3.63, 3.8) is 0 Å². The van der Waals surface area contributed by atoms with E-state index in [2.05, 4.69) is 158 Å². The van der Waals surface area contributed by atoms with E-state index in [1.165, 1.54) is 31.8 Å². The smallest absolute Gasteiger partial charge is 0.0730 e. The van der Waals surface area contributed by atoms with E-state index in [-0.39, 0.29) is 0 Å². The molecule has 0 unspecified atom stereocenters. The number of aliphatic imine (C=N–C) groups is 1. The first-order valence-corrected chi connectivity index (χ1v) is 14.7. The normalized spacial score (nSPS) is 10.8. The molecule has 0 radical (unpaired) electrons. The van der Waals surface area contributed by atoms with E-state index >= 15 is 0 Å². The van der Waals surface area contributed by atoms with E-state index in [1.54, 1.807) is 0 Å². The van der Waals surface area contributed by atoms with Crippen molar-refractivity contribution in [2.45, 2.75) is 6.92 Å². The Morgan fingerprint density at radius 3 is 1.14 bits per heavy atom. The van der Waals surface area contributed by atoms with E-state index in [1.807, 2.05) is 0 Å². The molecule has 5 aromatic rings. The predicted molar refractivity (Wildman–Crippen MR) is 160 cm³/mol. The third-order valence-electron chi connectivity index (χ3n) is 5.80. The largest absolute Gasteiger partial charge is 0.206 e. The lowest BCUT2D eigenvalue weighted by molar-refractivity contribution is 1.44. The van der Waals surface area contributed by atoms with Crippen molar-refractivity contribution in [2.24, 2.45) is 4.99 Å². The molecule has 0 aliphatic heterocycles. The molecular weight excluding hydrogens is 472 g/mol. The van der Waals surface area contributed by atoms with Crippen molar-refractivity contribution in [3.8, 4) is 0 Å². The van der Waals surface area contributed by atoms with E-state index < -0.39 is 15.8 Å². The molecule has 1 nitrogen and oxygen atoms in total. The average molecular weight is 500 g/mol. The highest BCUT2D eigenvalue weighted by atomic mass is 31.2. The molecule has 0 aromatic heterocycles. The molecule has 5 aromatic carbocycles. The molecule has 0 aliphatic carbocycles. The van der Waals surface area contributed by atoms with E-state index in [9.17, 15) is 0 Å². The van der Waals surface area contributed by atoms with E-state index in [0.29, 0.717) is 0 Å². The van der Waals surface area contributed by atoms with Gasteiger partial charge in [0.15, 0.2) is 0 Å². The fourth-order valence-electron chi connectivity index (χ4n) is 4.03. The summed E-state index contributed by atoms with van der Waals surface area (Å²) in [4.78, 5) is 4.94. The number of aryl methyl sites for hydroxylation is 1. The van der Waals surface area contributed by atoms with Crippen LogP contribution in [0.1, 0.15) is 5.56 Å². The maximum atomic E-state index is 4.94. The zero-order chi connectivity index (χ0) is 24.6. The number of hydrogen-bond acceptors (Lipinski definition) is 1. The highest BCUT2D eigenvalue weighted by Crippen LogP contribution is 2.58. The Balaban J connectivity index is 1.80. The molecule has 0 amide bonds. The molecule has 0 spiro atoms. The zero-order valence-electron chi connectivity index (χ0n) is 20.2. The highest BCUT2D eigenvalue weighted by molar-refractivity contribution is 7.95. The molecule has 0 N–H and O–H groups in total. The van der Waals surface area contributed by atoms with Crippen LogP contribution in [0.15, 0.2) is 156 Å². The Labute approximate surface area is 216 Å². The lowest BCUT2D eigenvalue weighted by Gasteiger charge is -2.28. The number of hydrogen-bond donors (Lipinski definition) is 0. The lowest BCUT2D eigenvalue weighted by atomic mass is 10.2. The van der Waals surface area contributed by atoms with Crippen molar-refractivity contribution in [3.05, 3.63) is 156 Å². The Bertz CT molecular complexity index is 1280. The van der Waals surface area contributed by atoms with Crippen LogP contribution in [0.4, 0.5) is 5.69 Å². The van der Waals surface area contributed by atoms with Crippen LogP contribution in [0.25, 0.3) is 0 Å². The second-order valence-corrected chi connectivity index (χ2v) is 13.1. The summed E-state index contributed by atoms with van der Waals surface area (Å²) in [7, 11) is -1.73. The van der Waals surface area contributed by atoms with Crippen molar-refractivity contribution >= 4 is 48.6 Å². The monoisotopic (exact) mass is 499 g/mol. The first-order valence-electron chi connectivity index (χ1n) is 12.0. The van der Waals surface area contributed by atoms with Gasteiger partial charge in [0.05, 0.1) is 10.7 Å². The average Bonchev–Trinajstić information content (AvgIpc) is 2.95. The van der Waals surface area contributed by atoms with Crippen molar-refractivity contribution in [1.82, 2.24) is 0 Å². The second kappa shape index (κ2) is 11.9. The van der Waals surface area contributed by atoms with Crippen molar-refractivity contribution in [2.75, 3.05) is 0 Å². The lowest BCUT2D eigenvalue weighted by Crippen LogP contribution is -2.19. The van der Waals surface area contributed by atoms with Gasteiger partial charge in [-0.15, -0.1) is 0 Å². The summed E-state index contributed by atoms with van der Waals surface area (Å²) in [6.45, 7) is 2.10. The molecule has 5 rings (SSSR count). The summed E-state index contributed by atoms with van der Waals surface area (Å²) in [6.07, 6.45) is 0. The number of rotatable bonds is 7. The van der Waals surface area contributed by atoms with Gasteiger partial charge >= 0.3 is 0 Å². The minimum absolute atomic E-state index is 0.863. The molecule has 174 valence electrons. The standard InChI is InChI=1S/C33H27NP2/c1-27-22-24-28(25-23-27)34-26-33(35(29-14-6-2-7-15-29)30-16-8-3-9-17-30)36(31-18-10-4-11-19-31)32-20-12-5-13-21-32/h2-25H,1H3. The third kappa shape index (κ3) is 5.79. The molecule has 0 saturated carbocycles. The van der Waals surface area contributed by atoms with Gasteiger partial charge in [-0.05, 0) is 62.0 Å². The van der Waals surface area contributed by atoms with Crippen LogP contribution in [0, 0.1) is 6.92 Å². The summed E-state index contributed by atoms with van der Waals surface area (Å²) >= 11 is 0. The van der Waals surface area contributed by atoms with Gasteiger partial charge in [-0.25, -0.2) is 4.99 Å². The van der Waals surface area contributed by atoms with Gasteiger partial charge < -0.3 is 0 Å². The van der Waals surface area contributed by atoms with Crippen LogP contribution < -0.4 is 21.2 Å². The van der Waals surface area contributed by atoms with Gasteiger partial charge in [-0.1, -0.05) is 139 Å². The predicted octanol–water partition coefficient (Wildman–Crippen LogP) is 7.40. The van der Waals surface area contributed by atoms with Crippen LogP contribution in [0.5, 0.6) is 0 Å². The van der Waals surface area contributed by atoms with Gasteiger partial charge in [0.1, 0.15) is 0 Å². The third-order valence-corrected chi connectivity index (χ3v) is 11.3. The molecule has 0 fully saturated rings. The summed E-state index contributed by atoms with van der Waals surface area (Å²) < 4.78 is 0. The van der Waals surface area contributed by atoms with Gasteiger partial charge in [0.2, 0.25) is 0 Å². The maximum absolute atomic E-state index is 4.94. The first-order chi connectivity index (χ1) is 17.8. The summed E-state index contributed by atoms with van der Waals surface area (Å²) in [5.41, 5.74) is 2.15. The minimum atomic E-state index is -0.863. The molecule has 0 bridgehead atoms. The van der Waals surface area contributed by atoms with Gasteiger partial charge in [-0.3, -0.25) is 0 Å². The molecule has 0 saturated heterocycles. The van der Waals surface area contributed by atoms with Crippen molar-refractivity contribution < 1.29 is 0 Å². The Morgan fingerprint density at radius 2 is 0.806 bits per heavy atom. The Morgan fingerprint density at radius 1 is 0.472 bits per heavy atom. The number of nitrogens with zero attached hydrogens (tertiary/aromatic N) is 1. The van der Waals surface area contributed by atoms with Crippen LogP contribution in [-0.4, -0.2) is 5.87 Å². The fraction of sp³-hybridized carbons (Fsp3) is 0.0303. The minimum Gasteiger partial charge on any atom is -0.206 e. The molecule has 0 heterocycles. The molecule has 0 atom stereocenters. The van der Waals surface area contributed by atoms with Gasteiger partial charge in [0, 0.05) is 0 Å². The van der Waals surface area contributed by atoms with E-state index in [0.717, 1.165) is 5.69 Å². The topological polar surface area (TPSA) is 12.4 Å². The molecular formula is C33H27NP2. The Hall–Kier alpha value is -3.59.